The highest BCUT2D eigenvalue weighted by Gasteiger charge is 2.45. The van der Waals surface area contributed by atoms with Gasteiger partial charge in [-0.25, -0.2) is 0 Å². The van der Waals surface area contributed by atoms with E-state index in [-0.39, 0.29) is 63.6 Å². The summed E-state index contributed by atoms with van der Waals surface area (Å²) >= 11 is 1.55. The SMILES string of the molecule is O=C(N[C@@H](Cc1ccc(O)cc1)C(=O)N1CCC[C@H]2OCC(=O)[C@H]21)c1cncc(-c2cccs2)c1.S.S. The summed E-state index contributed by atoms with van der Waals surface area (Å²) in [6, 6.07) is 10.6. The number of rotatable bonds is 6. The predicted molar refractivity (Wildman–Crippen MR) is 151 cm³/mol. The molecule has 2 fully saturated rings. The molecule has 2 amide bonds. The van der Waals surface area contributed by atoms with Crippen molar-refractivity contribution in [1.29, 1.82) is 0 Å². The molecule has 196 valence electrons. The van der Waals surface area contributed by atoms with Crippen LogP contribution in [0.3, 0.4) is 0 Å². The lowest BCUT2D eigenvalue weighted by atomic mass is 9.95. The molecule has 0 saturated carbocycles. The van der Waals surface area contributed by atoms with Crippen LogP contribution in [0.1, 0.15) is 28.8 Å². The van der Waals surface area contributed by atoms with Crippen LogP contribution in [0, 0.1) is 0 Å². The van der Waals surface area contributed by atoms with Gasteiger partial charge in [-0.3, -0.25) is 19.4 Å². The van der Waals surface area contributed by atoms with Crippen LogP contribution in [0.15, 0.2) is 60.2 Å². The number of amides is 2. The van der Waals surface area contributed by atoms with E-state index in [1.165, 1.54) is 6.20 Å². The standard InChI is InChI=1S/C26H25N3O5S.2H2S/c30-19-7-5-16(6-8-19)11-20(26(33)29-9-1-3-22-24(29)21(31)15-34-22)28-25(32)18-12-17(13-27-14-18)23-4-2-10-35-23;;/h2,4-8,10,12-14,20,22,24,30H,1,3,9,11,15H2,(H,28,32);2*1H2/t20-,22+,24+;;/m0../s1. The van der Waals surface area contributed by atoms with E-state index >= 15 is 0 Å². The van der Waals surface area contributed by atoms with Crippen LogP contribution in [0.2, 0.25) is 0 Å². The van der Waals surface area contributed by atoms with Crippen LogP contribution < -0.4 is 5.32 Å². The van der Waals surface area contributed by atoms with E-state index in [2.05, 4.69) is 10.3 Å². The van der Waals surface area contributed by atoms with Crippen molar-refractivity contribution >= 4 is 55.9 Å². The highest BCUT2D eigenvalue weighted by atomic mass is 32.1. The molecule has 8 nitrogen and oxygen atoms in total. The molecule has 2 N–H and O–H groups in total. The maximum atomic E-state index is 13.7. The maximum absolute atomic E-state index is 13.7. The Labute approximate surface area is 232 Å². The molecule has 37 heavy (non-hydrogen) atoms. The number of hydrogen-bond donors (Lipinski definition) is 2. The van der Waals surface area contributed by atoms with E-state index in [1.807, 2.05) is 17.5 Å². The fourth-order valence-corrected chi connectivity index (χ4v) is 5.40. The molecule has 0 aliphatic carbocycles. The maximum Gasteiger partial charge on any atom is 0.253 e. The Kier molecular flexibility index (Phi) is 9.77. The first-order valence-electron chi connectivity index (χ1n) is 11.5. The lowest BCUT2D eigenvalue weighted by Crippen LogP contribution is -2.58. The number of aromatic hydroxyl groups is 1. The van der Waals surface area contributed by atoms with Gasteiger partial charge < -0.3 is 20.1 Å². The van der Waals surface area contributed by atoms with Gasteiger partial charge in [-0.2, -0.15) is 27.0 Å². The smallest absolute Gasteiger partial charge is 0.253 e. The fraction of sp³-hybridized carbons (Fsp3) is 0.308. The summed E-state index contributed by atoms with van der Waals surface area (Å²) in [7, 11) is 0. The zero-order chi connectivity index (χ0) is 24.4. The number of phenols is 1. The number of carbonyl (C=O) groups is 3. The summed E-state index contributed by atoms with van der Waals surface area (Å²) in [5.41, 5.74) is 1.94. The molecule has 2 saturated heterocycles. The molecular weight excluding hydrogens is 531 g/mol. The zero-order valence-electron chi connectivity index (χ0n) is 19.9. The van der Waals surface area contributed by atoms with E-state index in [0.717, 1.165) is 28.8 Å². The van der Waals surface area contributed by atoms with Gasteiger partial charge in [-0.15, -0.1) is 11.3 Å². The summed E-state index contributed by atoms with van der Waals surface area (Å²) in [5.74, 6) is -0.728. The third kappa shape index (κ3) is 6.35. The Hall–Kier alpha value is -2.86. The van der Waals surface area contributed by atoms with E-state index in [0.29, 0.717) is 12.1 Å². The molecule has 1 aromatic carbocycles. The Balaban J connectivity index is 0.00000190. The van der Waals surface area contributed by atoms with Gasteiger partial charge in [-0.1, -0.05) is 18.2 Å². The van der Waals surface area contributed by atoms with Gasteiger partial charge in [0.2, 0.25) is 5.91 Å². The number of ether oxygens (including phenoxy) is 1. The number of carbonyl (C=O) groups excluding carboxylic acids is 3. The molecule has 0 unspecified atom stereocenters. The number of Topliss-reactive ketones (excluding diaryl/α,β-unsaturated/α-hetero) is 1. The second kappa shape index (κ2) is 12.6. The normalized spacial score (nSPS) is 19.2. The highest BCUT2D eigenvalue weighted by molar-refractivity contribution is 7.59. The number of fused-ring (bicyclic) bond motifs is 1. The average molecular weight is 560 g/mol. The highest BCUT2D eigenvalue weighted by Crippen LogP contribution is 2.28. The molecule has 2 aromatic heterocycles. The third-order valence-corrected chi connectivity index (χ3v) is 7.33. The summed E-state index contributed by atoms with van der Waals surface area (Å²) in [6.07, 6.45) is 4.55. The van der Waals surface area contributed by atoms with Crippen LogP contribution in [0.4, 0.5) is 0 Å². The van der Waals surface area contributed by atoms with Crippen LogP contribution >= 0.6 is 38.3 Å². The Morgan fingerprint density at radius 1 is 1.19 bits per heavy atom. The summed E-state index contributed by atoms with van der Waals surface area (Å²) in [4.78, 5) is 46.2. The average Bonchev–Trinajstić information content (AvgIpc) is 3.55. The Morgan fingerprint density at radius 3 is 2.70 bits per heavy atom. The molecule has 5 rings (SSSR count). The second-order valence-electron chi connectivity index (χ2n) is 8.77. The lowest BCUT2D eigenvalue weighted by molar-refractivity contribution is -0.142. The van der Waals surface area contributed by atoms with Crippen molar-refractivity contribution in [3.8, 4) is 16.2 Å². The molecule has 4 heterocycles. The topological polar surface area (TPSA) is 109 Å². The van der Waals surface area contributed by atoms with E-state index < -0.39 is 18.0 Å². The van der Waals surface area contributed by atoms with Gasteiger partial charge in [-0.05, 0) is 48.1 Å². The van der Waals surface area contributed by atoms with E-state index in [4.69, 9.17) is 4.74 Å². The molecule has 0 spiro atoms. The van der Waals surface area contributed by atoms with Crippen molar-refractivity contribution in [2.24, 2.45) is 0 Å². The number of piperidine rings is 1. The van der Waals surface area contributed by atoms with Gasteiger partial charge in [0, 0.05) is 35.8 Å². The van der Waals surface area contributed by atoms with Crippen molar-refractivity contribution in [3.05, 3.63) is 71.4 Å². The first-order valence-corrected chi connectivity index (χ1v) is 12.4. The molecule has 0 bridgehead atoms. The third-order valence-electron chi connectivity index (χ3n) is 6.41. The minimum Gasteiger partial charge on any atom is -0.508 e. The van der Waals surface area contributed by atoms with Crippen molar-refractivity contribution in [2.45, 2.75) is 37.5 Å². The molecule has 3 aromatic rings. The van der Waals surface area contributed by atoms with Crippen LogP contribution in [-0.4, -0.2) is 63.9 Å². The van der Waals surface area contributed by atoms with Crippen LogP contribution in [-0.2, 0) is 20.7 Å². The summed E-state index contributed by atoms with van der Waals surface area (Å²) in [6.45, 7) is 0.446. The molecule has 0 radical (unpaired) electrons. The number of ketones is 1. The van der Waals surface area contributed by atoms with Crippen molar-refractivity contribution in [3.63, 3.8) is 0 Å². The number of pyridine rings is 1. The number of likely N-dealkylation sites (tertiary alicyclic amines) is 1. The molecule has 2 aliphatic rings. The number of aromatic nitrogens is 1. The van der Waals surface area contributed by atoms with Gasteiger partial charge in [0.25, 0.3) is 5.91 Å². The first kappa shape index (κ1) is 28.7. The Morgan fingerprint density at radius 2 is 1.97 bits per heavy atom. The zero-order valence-corrected chi connectivity index (χ0v) is 22.7. The largest absolute Gasteiger partial charge is 0.508 e. The quantitative estimate of drug-likeness (QED) is 0.481. The molecular formula is C26H29N3O5S3. The van der Waals surface area contributed by atoms with Crippen LogP contribution in [0.25, 0.3) is 10.4 Å². The lowest BCUT2D eigenvalue weighted by Gasteiger charge is -2.37. The minimum atomic E-state index is -0.899. The van der Waals surface area contributed by atoms with Gasteiger partial charge in [0.15, 0.2) is 5.78 Å². The van der Waals surface area contributed by atoms with Crippen molar-refractivity contribution < 1.29 is 24.2 Å². The number of nitrogens with zero attached hydrogens (tertiary/aromatic N) is 2. The number of benzene rings is 1. The van der Waals surface area contributed by atoms with Crippen molar-refractivity contribution in [1.82, 2.24) is 15.2 Å². The van der Waals surface area contributed by atoms with E-state index in [1.54, 1.807) is 52.8 Å². The van der Waals surface area contributed by atoms with Crippen molar-refractivity contribution in [2.75, 3.05) is 13.2 Å². The number of phenolic OH excluding ortho intramolecular Hbond substituents is 1. The predicted octanol–water partition coefficient (Wildman–Crippen LogP) is 3.04. The van der Waals surface area contributed by atoms with Gasteiger partial charge >= 0.3 is 0 Å². The van der Waals surface area contributed by atoms with Crippen LogP contribution in [0.5, 0.6) is 5.75 Å². The first-order chi connectivity index (χ1) is 17.0. The summed E-state index contributed by atoms with van der Waals surface area (Å²) in [5, 5.41) is 14.5. The molecule has 2 aliphatic heterocycles. The fourth-order valence-electron chi connectivity index (χ4n) is 4.69. The number of hydrogen-bond acceptors (Lipinski definition) is 7. The van der Waals surface area contributed by atoms with E-state index in [9.17, 15) is 19.5 Å². The number of thiophene rings is 1. The second-order valence-corrected chi connectivity index (χ2v) is 9.72. The summed E-state index contributed by atoms with van der Waals surface area (Å²) < 4.78 is 5.59. The minimum absolute atomic E-state index is 0. The number of nitrogens with one attached hydrogen (secondary N) is 1. The monoisotopic (exact) mass is 559 g/mol. The molecule has 11 heteroatoms. The van der Waals surface area contributed by atoms with Gasteiger partial charge in [0.05, 0.1) is 11.7 Å². The van der Waals surface area contributed by atoms with Gasteiger partial charge in [0.1, 0.15) is 24.4 Å². The molecule has 3 atom stereocenters. The Bertz CT molecular complexity index is 1240.